The molecule has 0 rings (SSSR count). The van der Waals surface area contributed by atoms with Crippen molar-refractivity contribution in [3.05, 3.63) is 0 Å². The molecular formula is C18H39NS. The van der Waals surface area contributed by atoms with Crippen LogP contribution in [-0.2, 0) is 0 Å². The first kappa shape index (κ1) is 20.3. The van der Waals surface area contributed by atoms with Crippen LogP contribution in [0.3, 0.4) is 0 Å². The zero-order valence-electron chi connectivity index (χ0n) is 14.5. The number of nitrogens with one attached hydrogen (secondary N) is 1. The van der Waals surface area contributed by atoms with Gasteiger partial charge >= 0.3 is 0 Å². The van der Waals surface area contributed by atoms with Gasteiger partial charge in [0.1, 0.15) is 0 Å². The summed E-state index contributed by atoms with van der Waals surface area (Å²) < 4.78 is 0. The highest BCUT2D eigenvalue weighted by Gasteiger charge is 2.09. The normalized spacial score (nSPS) is 14.4. The molecule has 0 heterocycles. The molecule has 0 bridgehead atoms. The van der Waals surface area contributed by atoms with Crippen LogP contribution in [0.15, 0.2) is 0 Å². The van der Waals surface area contributed by atoms with Crippen LogP contribution in [-0.4, -0.2) is 23.6 Å². The first-order valence-corrected chi connectivity index (χ1v) is 10.1. The SMILES string of the molecule is CCCCCCCCCC(CSC(C)CC)NCCC. The lowest BCUT2D eigenvalue weighted by Crippen LogP contribution is -2.32. The standard InChI is InChI=1S/C18H39NS/c1-5-8-9-10-11-12-13-14-18(19-15-6-2)16-20-17(4)7-3/h17-19H,5-16H2,1-4H3. The summed E-state index contributed by atoms with van der Waals surface area (Å²) in [6, 6.07) is 0.740. The molecule has 0 aliphatic rings. The monoisotopic (exact) mass is 301 g/mol. The Bertz CT molecular complexity index is 184. The van der Waals surface area contributed by atoms with E-state index in [1.54, 1.807) is 0 Å². The van der Waals surface area contributed by atoms with Crippen molar-refractivity contribution in [1.29, 1.82) is 0 Å². The Kier molecular flexibility index (Phi) is 15.9. The van der Waals surface area contributed by atoms with E-state index in [2.05, 4.69) is 44.8 Å². The fourth-order valence-electron chi connectivity index (χ4n) is 2.34. The average Bonchev–Trinajstić information content (AvgIpc) is 2.47. The second-order valence-corrected chi connectivity index (χ2v) is 7.58. The largest absolute Gasteiger partial charge is 0.313 e. The maximum Gasteiger partial charge on any atom is 0.0158 e. The fourth-order valence-corrected chi connectivity index (χ4v) is 3.42. The van der Waals surface area contributed by atoms with Crippen molar-refractivity contribution < 1.29 is 0 Å². The molecule has 20 heavy (non-hydrogen) atoms. The minimum Gasteiger partial charge on any atom is -0.313 e. The highest BCUT2D eigenvalue weighted by molar-refractivity contribution is 7.99. The Morgan fingerprint density at radius 2 is 1.50 bits per heavy atom. The molecule has 2 heteroatoms. The molecule has 0 amide bonds. The van der Waals surface area contributed by atoms with E-state index < -0.39 is 0 Å². The Morgan fingerprint density at radius 1 is 0.850 bits per heavy atom. The third-order valence-corrected chi connectivity index (χ3v) is 5.49. The summed E-state index contributed by atoms with van der Waals surface area (Å²) in [6.45, 7) is 10.4. The lowest BCUT2D eigenvalue weighted by Gasteiger charge is -2.20. The van der Waals surface area contributed by atoms with Crippen molar-refractivity contribution in [2.45, 2.75) is 103 Å². The Hall–Kier alpha value is 0.310. The van der Waals surface area contributed by atoms with Gasteiger partial charge in [-0.15, -0.1) is 0 Å². The minimum atomic E-state index is 0.740. The maximum atomic E-state index is 3.74. The Morgan fingerprint density at radius 3 is 2.10 bits per heavy atom. The first-order chi connectivity index (χ1) is 9.74. The number of rotatable bonds is 15. The molecule has 1 nitrogen and oxygen atoms in total. The summed E-state index contributed by atoms with van der Waals surface area (Å²) in [4.78, 5) is 0. The molecule has 1 N–H and O–H groups in total. The highest BCUT2D eigenvalue weighted by Crippen LogP contribution is 2.17. The molecule has 0 spiro atoms. The van der Waals surface area contributed by atoms with Crippen LogP contribution in [0.25, 0.3) is 0 Å². The van der Waals surface area contributed by atoms with Gasteiger partial charge in [0, 0.05) is 17.0 Å². The molecule has 122 valence electrons. The third kappa shape index (κ3) is 13.3. The Labute approximate surface area is 133 Å². The minimum absolute atomic E-state index is 0.740. The fraction of sp³-hybridized carbons (Fsp3) is 1.00. The summed E-state index contributed by atoms with van der Waals surface area (Å²) >= 11 is 2.15. The van der Waals surface area contributed by atoms with Crippen LogP contribution in [0.5, 0.6) is 0 Å². The Balaban J connectivity index is 3.63. The van der Waals surface area contributed by atoms with Crippen molar-refractivity contribution in [1.82, 2.24) is 5.32 Å². The smallest absolute Gasteiger partial charge is 0.0158 e. The first-order valence-electron chi connectivity index (χ1n) is 9.09. The van der Waals surface area contributed by atoms with Crippen molar-refractivity contribution in [2.24, 2.45) is 0 Å². The van der Waals surface area contributed by atoms with E-state index in [0.29, 0.717) is 0 Å². The van der Waals surface area contributed by atoms with E-state index in [1.165, 1.54) is 76.5 Å². The van der Waals surface area contributed by atoms with Gasteiger partial charge in [-0.1, -0.05) is 72.6 Å². The predicted molar refractivity (Wildman–Crippen MR) is 96.9 cm³/mol. The van der Waals surface area contributed by atoms with E-state index in [0.717, 1.165) is 11.3 Å². The number of hydrogen-bond acceptors (Lipinski definition) is 2. The molecule has 0 aromatic rings. The van der Waals surface area contributed by atoms with Gasteiger partial charge in [0.25, 0.3) is 0 Å². The molecule has 0 radical (unpaired) electrons. The molecule has 0 saturated heterocycles. The van der Waals surface area contributed by atoms with E-state index in [1.807, 2.05) is 0 Å². The van der Waals surface area contributed by atoms with Gasteiger partial charge in [-0.25, -0.2) is 0 Å². The quantitative estimate of drug-likeness (QED) is 0.371. The van der Waals surface area contributed by atoms with E-state index in [4.69, 9.17) is 0 Å². The summed E-state index contributed by atoms with van der Waals surface area (Å²) in [7, 11) is 0. The third-order valence-electron chi connectivity index (χ3n) is 4.00. The second kappa shape index (κ2) is 15.7. The van der Waals surface area contributed by atoms with Gasteiger partial charge in [-0.05, 0) is 25.8 Å². The topological polar surface area (TPSA) is 12.0 Å². The highest BCUT2D eigenvalue weighted by atomic mass is 32.2. The van der Waals surface area contributed by atoms with Crippen LogP contribution in [0.4, 0.5) is 0 Å². The average molecular weight is 302 g/mol. The summed E-state index contributed by atoms with van der Waals surface area (Å²) in [6.07, 6.45) is 13.9. The lowest BCUT2D eigenvalue weighted by molar-refractivity contribution is 0.482. The van der Waals surface area contributed by atoms with Crippen molar-refractivity contribution in [3.63, 3.8) is 0 Å². The van der Waals surface area contributed by atoms with Crippen LogP contribution >= 0.6 is 11.8 Å². The van der Waals surface area contributed by atoms with Gasteiger partial charge in [0.05, 0.1) is 0 Å². The summed E-state index contributed by atoms with van der Waals surface area (Å²) in [5, 5.41) is 4.55. The van der Waals surface area contributed by atoms with Gasteiger partial charge in [-0.2, -0.15) is 11.8 Å². The molecular weight excluding hydrogens is 262 g/mol. The van der Waals surface area contributed by atoms with E-state index >= 15 is 0 Å². The molecule has 0 aliphatic heterocycles. The van der Waals surface area contributed by atoms with Gasteiger partial charge in [0.15, 0.2) is 0 Å². The van der Waals surface area contributed by atoms with Crippen molar-refractivity contribution >= 4 is 11.8 Å². The maximum absolute atomic E-state index is 3.74. The molecule has 0 fully saturated rings. The second-order valence-electron chi connectivity index (χ2n) is 6.11. The van der Waals surface area contributed by atoms with Crippen molar-refractivity contribution in [2.75, 3.05) is 12.3 Å². The van der Waals surface area contributed by atoms with Crippen LogP contribution in [0.2, 0.25) is 0 Å². The zero-order chi connectivity index (χ0) is 15.1. The zero-order valence-corrected chi connectivity index (χ0v) is 15.4. The summed E-state index contributed by atoms with van der Waals surface area (Å²) in [5.74, 6) is 1.30. The molecule has 0 aliphatic carbocycles. The van der Waals surface area contributed by atoms with Gasteiger partial charge < -0.3 is 5.32 Å². The van der Waals surface area contributed by atoms with Crippen LogP contribution in [0.1, 0.15) is 91.9 Å². The van der Waals surface area contributed by atoms with Crippen LogP contribution in [0, 0.1) is 0 Å². The molecule has 2 atom stereocenters. The van der Waals surface area contributed by atoms with E-state index in [-0.39, 0.29) is 0 Å². The summed E-state index contributed by atoms with van der Waals surface area (Å²) in [5.41, 5.74) is 0. The number of thioether (sulfide) groups is 1. The van der Waals surface area contributed by atoms with Gasteiger partial charge in [-0.3, -0.25) is 0 Å². The van der Waals surface area contributed by atoms with Crippen molar-refractivity contribution in [3.8, 4) is 0 Å². The lowest BCUT2D eigenvalue weighted by atomic mass is 10.1. The molecule has 0 aromatic heterocycles. The van der Waals surface area contributed by atoms with E-state index in [9.17, 15) is 0 Å². The number of hydrogen-bond donors (Lipinski definition) is 1. The molecule has 0 aromatic carbocycles. The molecule has 2 unspecified atom stereocenters. The molecule has 0 saturated carbocycles. The predicted octanol–water partition coefficient (Wildman–Crippen LogP) is 6.03. The van der Waals surface area contributed by atoms with Crippen LogP contribution < -0.4 is 5.32 Å². The number of unbranched alkanes of at least 4 members (excludes halogenated alkanes) is 6. The van der Waals surface area contributed by atoms with Gasteiger partial charge in [0.2, 0.25) is 0 Å².